The summed E-state index contributed by atoms with van der Waals surface area (Å²) in [4.78, 5) is 16.4. The Morgan fingerprint density at radius 1 is 1.20 bits per heavy atom. The van der Waals surface area contributed by atoms with Gasteiger partial charge in [-0.1, -0.05) is 30.3 Å². The fourth-order valence-corrected chi connectivity index (χ4v) is 3.02. The molecule has 1 aromatic carbocycles. The molecule has 1 aromatic heterocycles. The van der Waals surface area contributed by atoms with Gasteiger partial charge in [-0.25, -0.2) is 4.98 Å². The Morgan fingerprint density at radius 2 is 1.88 bits per heavy atom. The molecule has 25 heavy (non-hydrogen) atoms. The molecule has 1 heterocycles. The Labute approximate surface area is 145 Å². The molecular weight excluding hydrogens is 343 g/mol. The van der Waals surface area contributed by atoms with E-state index in [0.29, 0.717) is 0 Å². The molecule has 0 saturated carbocycles. The van der Waals surface area contributed by atoms with Crippen molar-refractivity contribution >= 4 is 13.4 Å². The van der Waals surface area contributed by atoms with Gasteiger partial charge in [0.2, 0.25) is 0 Å². The number of rotatable bonds is 8. The number of pyridine rings is 1. The Kier molecular flexibility index (Phi) is 6.43. The van der Waals surface area contributed by atoms with Gasteiger partial charge in [-0.15, -0.1) is 0 Å². The van der Waals surface area contributed by atoms with Crippen LogP contribution in [0.25, 0.3) is 0 Å². The van der Waals surface area contributed by atoms with Crippen LogP contribution in [0.1, 0.15) is 21.6 Å². The van der Waals surface area contributed by atoms with Crippen molar-refractivity contribution in [2.75, 3.05) is 20.4 Å². The first kappa shape index (κ1) is 18.8. The van der Waals surface area contributed by atoms with Gasteiger partial charge in [-0.3, -0.25) is 9.36 Å². The number of hydrogen-bond acceptors (Lipinski definition) is 7. The summed E-state index contributed by atoms with van der Waals surface area (Å²) < 4.78 is 27.5. The third-order valence-corrected chi connectivity index (χ3v) is 5.22. The van der Waals surface area contributed by atoms with Crippen molar-refractivity contribution in [2.24, 2.45) is 0 Å². The summed E-state index contributed by atoms with van der Waals surface area (Å²) in [7, 11) is -1.12. The monoisotopic (exact) mass is 360 g/mol. The van der Waals surface area contributed by atoms with Gasteiger partial charge >= 0.3 is 7.60 Å². The molecule has 0 bridgehead atoms. The van der Waals surface area contributed by atoms with Gasteiger partial charge in [-0.2, -0.15) is 5.26 Å². The van der Waals surface area contributed by atoms with E-state index in [1.807, 2.05) is 36.4 Å². The van der Waals surface area contributed by atoms with E-state index in [9.17, 15) is 14.6 Å². The van der Waals surface area contributed by atoms with E-state index in [-0.39, 0.29) is 23.6 Å². The Hall–Kier alpha value is -2.52. The molecule has 0 aliphatic rings. The summed E-state index contributed by atoms with van der Waals surface area (Å²) in [5.74, 6) is -0.466. The number of ketones is 1. The smallest absolute Gasteiger partial charge is 0.337 e. The lowest BCUT2D eigenvalue weighted by atomic mass is 10.1. The van der Waals surface area contributed by atoms with E-state index in [0.717, 1.165) is 5.56 Å². The predicted molar refractivity (Wildman–Crippen MR) is 90.5 cm³/mol. The van der Waals surface area contributed by atoms with Crippen LogP contribution in [0, 0.1) is 11.3 Å². The molecule has 0 spiro atoms. The van der Waals surface area contributed by atoms with Crippen molar-refractivity contribution in [3.05, 3.63) is 59.4 Å². The van der Waals surface area contributed by atoms with Gasteiger partial charge in [-0.05, 0) is 11.6 Å². The highest BCUT2D eigenvalue weighted by Gasteiger charge is 2.29. The largest absolute Gasteiger partial charge is 0.485 e. The Bertz CT molecular complexity index is 825. The van der Waals surface area contributed by atoms with Gasteiger partial charge in [0.1, 0.15) is 18.8 Å². The van der Waals surface area contributed by atoms with Crippen molar-refractivity contribution < 1.29 is 23.1 Å². The highest BCUT2D eigenvalue weighted by Crippen LogP contribution is 2.47. The zero-order valence-electron chi connectivity index (χ0n) is 13.8. The van der Waals surface area contributed by atoms with Crippen LogP contribution in [0.3, 0.4) is 0 Å². The van der Waals surface area contributed by atoms with Crippen molar-refractivity contribution in [3.63, 3.8) is 0 Å². The minimum atomic E-state index is -3.53. The van der Waals surface area contributed by atoms with E-state index in [1.54, 1.807) is 0 Å². The molecular formula is C17H17N2O5P. The number of aromatic nitrogens is 1. The highest BCUT2D eigenvalue weighted by molar-refractivity contribution is 7.54. The minimum absolute atomic E-state index is 0.0218. The van der Waals surface area contributed by atoms with Crippen LogP contribution < -0.4 is 4.74 Å². The van der Waals surface area contributed by atoms with Crippen LogP contribution in [-0.4, -0.2) is 31.1 Å². The molecule has 0 fully saturated rings. The van der Waals surface area contributed by atoms with Crippen LogP contribution in [0.4, 0.5) is 0 Å². The minimum Gasteiger partial charge on any atom is -0.485 e. The third kappa shape index (κ3) is 4.74. The van der Waals surface area contributed by atoms with Crippen LogP contribution in [0.15, 0.2) is 42.6 Å². The molecule has 0 unspecified atom stereocenters. The molecule has 0 saturated heterocycles. The summed E-state index contributed by atoms with van der Waals surface area (Å²) >= 11 is 0. The van der Waals surface area contributed by atoms with Crippen LogP contribution in [-0.2, 0) is 20.2 Å². The first-order valence-electron chi connectivity index (χ1n) is 7.32. The van der Waals surface area contributed by atoms with Gasteiger partial charge in [0.25, 0.3) is 0 Å². The molecule has 0 atom stereocenters. The van der Waals surface area contributed by atoms with Crippen LogP contribution >= 0.6 is 7.60 Å². The second kappa shape index (κ2) is 8.54. The molecule has 0 radical (unpaired) electrons. The zero-order chi connectivity index (χ0) is 18.3. The number of hydrogen-bond donors (Lipinski definition) is 0. The van der Waals surface area contributed by atoms with E-state index in [1.165, 1.54) is 26.5 Å². The van der Waals surface area contributed by atoms with Gasteiger partial charge in [0, 0.05) is 20.4 Å². The quantitative estimate of drug-likeness (QED) is 0.526. The van der Waals surface area contributed by atoms with Crippen molar-refractivity contribution in [1.29, 1.82) is 5.26 Å². The Morgan fingerprint density at radius 3 is 2.48 bits per heavy atom. The molecule has 0 N–H and O–H groups in total. The molecule has 2 rings (SSSR count). The molecule has 7 nitrogen and oxygen atoms in total. The fraction of sp³-hybridized carbons (Fsp3) is 0.235. The number of benzene rings is 1. The summed E-state index contributed by atoms with van der Waals surface area (Å²) in [6, 6.07) is 12.6. The lowest BCUT2D eigenvalue weighted by molar-refractivity contribution is 0.100. The predicted octanol–water partition coefficient (Wildman–Crippen LogP) is 3.20. The highest BCUT2D eigenvalue weighted by atomic mass is 31.2. The SMILES string of the molecule is COP(=O)(CC(=O)c1ccnc(C#N)c1OCc1ccccc1)OC. The number of carbonyl (C=O) groups is 1. The van der Waals surface area contributed by atoms with Crippen LogP contribution in [0.2, 0.25) is 0 Å². The topological polar surface area (TPSA) is 98.5 Å². The average molecular weight is 360 g/mol. The molecule has 0 aliphatic heterocycles. The molecule has 0 aliphatic carbocycles. The van der Waals surface area contributed by atoms with E-state index >= 15 is 0 Å². The fourth-order valence-electron chi connectivity index (χ4n) is 2.09. The molecule has 2 aromatic rings. The second-order valence-corrected chi connectivity index (χ2v) is 7.25. The summed E-state index contributed by atoms with van der Waals surface area (Å²) in [5.41, 5.74) is 0.955. The maximum atomic E-state index is 12.5. The van der Waals surface area contributed by atoms with Crippen molar-refractivity contribution in [3.8, 4) is 11.8 Å². The standard InChI is InChI=1S/C17H17N2O5P/c1-22-25(21,23-2)12-16(20)14-8-9-19-15(10-18)17(14)24-11-13-6-4-3-5-7-13/h3-9H,11-12H2,1-2H3. The lowest BCUT2D eigenvalue weighted by Crippen LogP contribution is -2.12. The number of ether oxygens (including phenoxy) is 1. The molecule has 0 amide bonds. The summed E-state index contributed by atoms with van der Waals surface area (Å²) in [5, 5.41) is 9.24. The van der Waals surface area contributed by atoms with E-state index in [2.05, 4.69) is 4.98 Å². The van der Waals surface area contributed by atoms with E-state index < -0.39 is 19.5 Å². The normalized spacial score (nSPS) is 10.9. The molecule has 130 valence electrons. The van der Waals surface area contributed by atoms with Gasteiger partial charge in [0.05, 0.1) is 5.56 Å². The first-order chi connectivity index (χ1) is 12.0. The third-order valence-electron chi connectivity index (χ3n) is 3.43. The maximum absolute atomic E-state index is 12.5. The van der Waals surface area contributed by atoms with Gasteiger partial charge in [0.15, 0.2) is 17.2 Å². The number of carbonyl (C=O) groups excluding carboxylic acids is 1. The zero-order valence-corrected chi connectivity index (χ0v) is 14.7. The number of Topliss-reactive ketones (excluding diaryl/α,β-unsaturated/α-hetero) is 1. The maximum Gasteiger partial charge on any atom is 0.337 e. The lowest BCUT2D eigenvalue weighted by Gasteiger charge is -2.15. The van der Waals surface area contributed by atoms with Gasteiger partial charge < -0.3 is 13.8 Å². The summed E-state index contributed by atoms with van der Waals surface area (Å²) in [6.45, 7) is 0.160. The Balaban J connectivity index is 2.30. The van der Waals surface area contributed by atoms with Crippen molar-refractivity contribution in [2.45, 2.75) is 6.61 Å². The number of nitrogens with zero attached hydrogens (tertiary/aromatic N) is 2. The number of nitriles is 1. The average Bonchev–Trinajstić information content (AvgIpc) is 2.66. The summed E-state index contributed by atoms with van der Waals surface area (Å²) in [6.07, 6.45) is 0.863. The molecule has 8 heteroatoms. The van der Waals surface area contributed by atoms with Crippen LogP contribution in [0.5, 0.6) is 5.75 Å². The second-order valence-electron chi connectivity index (χ2n) is 4.98. The van der Waals surface area contributed by atoms with Crippen molar-refractivity contribution in [1.82, 2.24) is 4.98 Å². The first-order valence-corrected chi connectivity index (χ1v) is 9.05. The van der Waals surface area contributed by atoms with E-state index in [4.69, 9.17) is 13.8 Å².